The predicted octanol–water partition coefficient (Wildman–Crippen LogP) is 2.60. The fraction of sp³-hybridized carbons (Fsp3) is 0.455. The normalized spacial score (nSPS) is 25.6. The lowest BCUT2D eigenvalue weighted by molar-refractivity contribution is 0.280. The number of anilines is 1. The average Bonchev–Trinajstić information content (AvgIpc) is 2.13. The number of benzene rings is 1. The van der Waals surface area contributed by atoms with Gasteiger partial charge in [0, 0.05) is 22.7 Å². The summed E-state index contributed by atoms with van der Waals surface area (Å²) in [5.74, 6) is 0.772. The van der Waals surface area contributed by atoms with Crippen LogP contribution in [0.4, 0.5) is 5.69 Å². The summed E-state index contributed by atoms with van der Waals surface area (Å²) in [5.41, 5.74) is 6.91. The maximum atomic E-state index is 5.72. The van der Waals surface area contributed by atoms with E-state index in [1.54, 1.807) is 0 Å². The van der Waals surface area contributed by atoms with Crippen LogP contribution in [-0.2, 0) is 0 Å². The molecule has 0 amide bonds. The first kappa shape index (κ1) is 9.99. The summed E-state index contributed by atoms with van der Waals surface area (Å²) in [6, 6.07) is 8.72. The fourth-order valence-corrected chi connectivity index (χ4v) is 2.05. The lowest BCUT2D eigenvalue weighted by Gasteiger charge is -2.32. The van der Waals surface area contributed by atoms with E-state index in [9.17, 15) is 0 Å². The highest BCUT2D eigenvalue weighted by atomic mass is 79.9. The zero-order valence-corrected chi connectivity index (χ0v) is 9.63. The van der Waals surface area contributed by atoms with E-state index >= 15 is 0 Å². The van der Waals surface area contributed by atoms with E-state index in [4.69, 9.17) is 5.73 Å². The second-order valence-corrected chi connectivity index (χ2v) is 4.90. The van der Waals surface area contributed by atoms with Crippen LogP contribution in [0.15, 0.2) is 28.7 Å². The molecule has 1 aromatic carbocycles. The Morgan fingerprint density at radius 2 is 1.93 bits per heavy atom. The number of rotatable bonds is 3. The SMILES string of the molecule is NC1CC(CNc2ccc(Br)cc2)C1. The van der Waals surface area contributed by atoms with Crippen molar-refractivity contribution in [3.63, 3.8) is 0 Å². The van der Waals surface area contributed by atoms with Crippen molar-refractivity contribution in [2.45, 2.75) is 18.9 Å². The Hall–Kier alpha value is -0.540. The summed E-state index contributed by atoms with van der Waals surface area (Å²) in [4.78, 5) is 0. The number of halogens is 1. The lowest BCUT2D eigenvalue weighted by Crippen LogP contribution is -2.39. The molecule has 0 aliphatic heterocycles. The number of nitrogens with one attached hydrogen (secondary N) is 1. The van der Waals surface area contributed by atoms with Gasteiger partial charge in [-0.1, -0.05) is 15.9 Å². The van der Waals surface area contributed by atoms with Crippen LogP contribution in [0.1, 0.15) is 12.8 Å². The maximum absolute atomic E-state index is 5.72. The van der Waals surface area contributed by atoms with Crippen LogP contribution in [0.5, 0.6) is 0 Å². The molecule has 2 rings (SSSR count). The Morgan fingerprint density at radius 3 is 2.50 bits per heavy atom. The lowest BCUT2D eigenvalue weighted by atomic mass is 9.81. The van der Waals surface area contributed by atoms with Gasteiger partial charge in [0.2, 0.25) is 0 Å². The molecule has 0 radical (unpaired) electrons. The van der Waals surface area contributed by atoms with Crippen LogP contribution in [0, 0.1) is 5.92 Å². The van der Waals surface area contributed by atoms with Gasteiger partial charge in [-0.2, -0.15) is 0 Å². The first-order chi connectivity index (χ1) is 6.74. The van der Waals surface area contributed by atoms with Gasteiger partial charge in [-0.25, -0.2) is 0 Å². The highest BCUT2D eigenvalue weighted by Gasteiger charge is 2.25. The summed E-state index contributed by atoms with van der Waals surface area (Å²) in [6.45, 7) is 1.05. The quantitative estimate of drug-likeness (QED) is 0.871. The molecule has 1 aliphatic rings. The molecule has 2 nitrogen and oxygen atoms in total. The van der Waals surface area contributed by atoms with E-state index in [0.717, 1.165) is 16.9 Å². The zero-order chi connectivity index (χ0) is 9.97. The van der Waals surface area contributed by atoms with E-state index in [1.807, 2.05) is 0 Å². The summed E-state index contributed by atoms with van der Waals surface area (Å²) >= 11 is 3.41. The second kappa shape index (κ2) is 4.32. The molecule has 3 N–H and O–H groups in total. The third-order valence-electron chi connectivity index (χ3n) is 2.71. The molecule has 0 bridgehead atoms. The smallest absolute Gasteiger partial charge is 0.0341 e. The predicted molar refractivity (Wildman–Crippen MR) is 63.3 cm³/mol. The van der Waals surface area contributed by atoms with E-state index in [-0.39, 0.29) is 0 Å². The van der Waals surface area contributed by atoms with Gasteiger partial charge in [-0.3, -0.25) is 0 Å². The molecule has 0 atom stereocenters. The summed E-state index contributed by atoms with van der Waals surface area (Å²) in [7, 11) is 0. The average molecular weight is 255 g/mol. The van der Waals surface area contributed by atoms with Gasteiger partial charge in [0.25, 0.3) is 0 Å². The molecule has 1 aromatic rings. The Morgan fingerprint density at radius 1 is 1.29 bits per heavy atom. The highest BCUT2D eigenvalue weighted by molar-refractivity contribution is 9.10. The van der Waals surface area contributed by atoms with Crippen molar-refractivity contribution in [2.24, 2.45) is 11.7 Å². The fourth-order valence-electron chi connectivity index (χ4n) is 1.78. The van der Waals surface area contributed by atoms with Gasteiger partial charge in [-0.15, -0.1) is 0 Å². The van der Waals surface area contributed by atoms with Gasteiger partial charge in [0.1, 0.15) is 0 Å². The van der Waals surface area contributed by atoms with Gasteiger partial charge in [0.05, 0.1) is 0 Å². The minimum atomic E-state index is 0.451. The van der Waals surface area contributed by atoms with Crippen LogP contribution >= 0.6 is 15.9 Å². The first-order valence-electron chi connectivity index (χ1n) is 4.99. The molecule has 0 saturated heterocycles. The molecular formula is C11H15BrN2. The second-order valence-electron chi connectivity index (χ2n) is 3.99. The summed E-state index contributed by atoms with van der Waals surface area (Å²) in [5, 5.41) is 3.42. The van der Waals surface area contributed by atoms with E-state index in [1.165, 1.54) is 18.5 Å². The van der Waals surface area contributed by atoms with Gasteiger partial charge >= 0.3 is 0 Å². The Balaban J connectivity index is 1.78. The molecule has 0 unspecified atom stereocenters. The van der Waals surface area contributed by atoms with Crippen molar-refractivity contribution in [3.8, 4) is 0 Å². The number of hydrogen-bond acceptors (Lipinski definition) is 2. The first-order valence-corrected chi connectivity index (χ1v) is 5.78. The molecule has 1 aliphatic carbocycles. The van der Waals surface area contributed by atoms with Crippen molar-refractivity contribution in [2.75, 3.05) is 11.9 Å². The van der Waals surface area contributed by atoms with Crippen LogP contribution in [0.2, 0.25) is 0 Å². The third-order valence-corrected chi connectivity index (χ3v) is 3.24. The molecule has 0 aromatic heterocycles. The Kier molecular flexibility index (Phi) is 3.08. The number of nitrogens with two attached hydrogens (primary N) is 1. The van der Waals surface area contributed by atoms with E-state index in [0.29, 0.717) is 6.04 Å². The zero-order valence-electron chi connectivity index (χ0n) is 8.04. The van der Waals surface area contributed by atoms with Crippen LogP contribution in [0.3, 0.4) is 0 Å². The minimum absolute atomic E-state index is 0.451. The maximum Gasteiger partial charge on any atom is 0.0341 e. The standard InChI is InChI=1S/C11H15BrN2/c12-9-1-3-11(4-2-9)14-7-8-5-10(13)6-8/h1-4,8,10,14H,5-7,13H2. The molecule has 0 spiro atoms. The van der Waals surface area contributed by atoms with Crippen molar-refractivity contribution in [1.82, 2.24) is 0 Å². The van der Waals surface area contributed by atoms with Gasteiger partial charge < -0.3 is 11.1 Å². The third kappa shape index (κ3) is 2.49. The van der Waals surface area contributed by atoms with Gasteiger partial charge in [-0.05, 0) is 43.0 Å². The summed E-state index contributed by atoms with van der Waals surface area (Å²) < 4.78 is 1.12. The molecule has 0 heterocycles. The highest BCUT2D eigenvalue weighted by Crippen LogP contribution is 2.25. The minimum Gasteiger partial charge on any atom is -0.385 e. The molecule has 3 heteroatoms. The van der Waals surface area contributed by atoms with Crippen molar-refractivity contribution in [1.29, 1.82) is 0 Å². The molecular weight excluding hydrogens is 240 g/mol. The molecule has 1 saturated carbocycles. The van der Waals surface area contributed by atoms with Crippen molar-refractivity contribution >= 4 is 21.6 Å². The van der Waals surface area contributed by atoms with Gasteiger partial charge in [0.15, 0.2) is 0 Å². The monoisotopic (exact) mass is 254 g/mol. The van der Waals surface area contributed by atoms with Crippen molar-refractivity contribution in [3.05, 3.63) is 28.7 Å². The number of hydrogen-bond donors (Lipinski definition) is 2. The Bertz CT molecular complexity index is 291. The van der Waals surface area contributed by atoms with Crippen LogP contribution in [-0.4, -0.2) is 12.6 Å². The molecule has 76 valence electrons. The topological polar surface area (TPSA) is 38.0 Å². The molecule has 1 fully saturated rings. The van der Waals surface area contributed by atoms with E-state index < -0.39 is 0 Å². The summed E-state index contributed by atoms with van der Waals surface area (Å²) in [6.07, 6.45) is 2.34. The largest absolute Gasteiger partial charge is 0.385 e. The van der Waals surface area contributed by atoms with Crippen molar-refractivity contribution < 1.29 is 0 Å². The van der Waals surface area contributed by atoms with Crippen LogP contribution in [0.25, 0.3) is 0 Å². The van der Waals surface area contributed by atoms with Crippen LogP contribution < -0.4 is 11.1 Å². The van der Waals surface area contributed by atoms with E-state index in [2.05, 4.69) is 45.5 Å². The Labute approximate surface area is 93.0 Å². The molecule has 14 heavy (non-hydrogen) atoms.